The predicted octanol–water partition coefficient (Wildman–Crippen LogP) is 7.73. The summed E-state index contributed by atoms with van der Waals surface area (Å²) in [6, 6.07) is 22.0. The second-order valence-corrected chi connectivity index (χ2v) is 15.8. The maximum absolute atomic E-state index is 14.7. The lowest BCUT2D eigenvalue weighted by atomic mass is 9.55. The molecule has 0 spiro atoms. The average Bonchev–Trinajstić information content (AvgIpc) is 3.26. The van der Waals surface area contributed by atoms with E-state index in [1.54, 1.807) is 19.3 Å². The number of hydrogen-bond donors (Lipinski definition) is 3. The molecule has 0 saturated heterocycles. The summed E-state index contributed by atoms with van der Waals surface area (Å²) in [5.74, 6) is -0.504. The second-order valence-electron chi connectivity index (χ2n) is 15.8. The van der Waals surface area contributed by atoms with Gasteiger partial charge in [-0.3, -0.25) is 4.79 Å². The number of ether oxygens (including phenoxy) is 4. The number of aliphatic hydroxyl groups is 2. The van der Waals surface area contributed by atoms with Gasteiger partial charge in [0.25, 0.3) is 0 Å². The number of carbonyl (C=O) groups excluding carboxylic acids is 2. The SMILES string of the molecule is C=CCO[C@@]12Oc3ccc(OC(=O)NCc4ccccc4)cc3[C@H]3[C@H](CCCCO)[C@@H](CCCCO)C=C(C(=NOC)C[C@@H]1N(CCC)C(=O)Cc1cccc(OC)c1)[C@H]32. The molecule has 3 N–H and O–H groups in total. The van der Waals surface area contributed by atoms with Gasteiger partial charge in [0.05, 0.1) is 31.8 Å². The zero-order chi connectivity index (χ0) is 42.5. The molecular formula is C48H61N3O9. The Kier molecular flexibility index (Phi) is 15.8. The van der Waals surface area contributed by atoms with Gasteiger partial charge in [0.1, 0.15) is 30.4 Å². The molecule has 0 aromatic heterocycles. The van der Waals surface area contributed by atoms with Crippen LogP contribution in [-0.4, -0.2) is 85.2 Å². The van der Waals surface area contributed by atoms with Crippen molar-refractivity contribution in [1.82, 2.24) is 10.2 Å². The third-order valence-corrected chi connectivity index (χ3v) is 12.0. The molecule has 60 heavy (non-hydrogen) atoms. The van der Waals surface area contributed by atoms with E-state index in [0.29, 0.717) is 61.7 Å². The molecule has 12 heteroatoms. The van der Waals surface area contributed by atoms with E-state index in [2.05, 4.69) is 23.1 Å². The molecule has 1 heterocycles. The average molecular weight is 824 g/mol. The summed E-state index contributed by atoms with van der Waals surface area (Å²) in [7, 11) is 3.14. The van der Waals surface area contributed by atoms with Crippen LogP contribution in [0.4, 0.5) is 4.79 Å². The van der Waals surface area contributed by atoms with Crippen LogP contribution >= 0.6 is 0 Å². The Bertz CT molecular complexity index is 1970. The Morgan fingerprint density at radius 3 is 2.45 bits per heavy atom. The zero-order valence-electron chi connectivity index (χ0n) is 35.2. The maximum Gasteiger partial charge on any atom is 0.412 e. The fourth-order valence-corrected chi connectivity index (χ4v) is 9.49. The monoisotopic (exact) mass is 823 g/mol. The number of unbranched alkanes of at least 4 members (excludes halogenated alkanes) is 2. The Hall–Kier alpha value is -5.17. The molecule has 2 amide bonds. The van der Waals surface area contributed by atoms with Crippen LogP contribution in [-0.2, 0) is 27.3 Å². The highest BCUT2D eigenvalue weighted by molar-refractivity contribution is 6.03. The first-order valence-corrected chi connectivity index (χ1v) is 21.3. The fourth-order valence-electron chi connectivity index (χ4n) is 9.49. The minimum Gasteiger partial charge on any atom is -0.497 e. The minimum atomic E-state index is -1.38. The van der Waals surface area contributed by atoms with E-state index in [4.69, 9.17) is 23.8 Å². The summed E-state index contributed by atoms with van der Waals surface area (Å²) in [6.07, 6.45) is 9.05. The van der Waals surface area contributed by atoms with Crippen LogP contribution in [0.3, 0.4) is 0 Å². The summed E-state index contributed by atoms with van der Waals surface area (Å²) >= 11 is 0. The number of rotatable bonds is 21. The van der Waals surface area contributed by atoms with Gasteiger partial charge in [0.15, 0.2) is 0 Å². The number of methoxy groups -OCH3 is 1. The summed E-state index contributed by atoms with van der Waals surface area (Å²) in [6.45, 7) is 7.15. The first-order chi connectivity index (χ1) is 29.3. The van der Waals surface area contributed by atoms with E-state index in [-0.39, 0.29) is 49.9 Å². The van der Waals surface area contributed by atoms with Gasteiger partial charge in [0.2, 0.25) is 11.7 Å². The number of carbonyl (C=O) groups is 2. The molecule has 1 saturated carbocycles. The maximum atomic E-state index is 14.7. The third kappa shape index (κ3) is 10.1. The van der Waals surface area contributed by atoms with Gasteiger partial charge in [-0.25, -0.2) is 4.79 Å². The summed E-state index contributed by atoms with van der Waals surface area (Å²) in [5.41, 5.74) is 4.28. The van der Waals surface area contributed by atoms with E-state index in [9.17, 15) is 19.8 Å². The number of benzene rings is 3. The van der Waals surface area contributed by atoms with E-state index in [1.165, 1.54) is 7.11 Å². The van der Waals surface area contributed by atoms with Crippen LogP contribution in [0.25, 0.3) is 0 Å². The van der Waals surface area contributed by atoms with Crippen molar-refractivity contribution in [2.24, 2.45) is 22.9 Å². The Labute approximate surface area is 354 Å². The highest BCUT2D eigenvalue weighted by Gasteiger charge is 2.65. The lowest BCUT2D eigenvalue weighted by molar-refractivity contribution is -0.257. The Balaban J connectivity index is 1.50. The number of nitrogens with zero attached hydrogens (tertiary/aromatic N) is 2. The van der Waals surface area contributed by atoms with Crippen molar-refractivity contribution in [3.8, 4) is 17.2 Å². The first-order valence-electron chi connectivity index (χ1n) is 21.3. The molecule has 12 nitrogen and oxygen atoms in total. The van der Waals surface area contributed by atoms with Crippen molar-refractivity contribution in [2.45, 2.75) is 89.0 Å². The standard InChI is InChI=1S/C48H61N3O9/c1-5-23-51(44(54)28-34-17-14-19-36(27-34)56-3)43-31-41(50-57-4)39-29-35(18-10-12-24-52)38(20-11-13-25-53)45-40-30-37(59-47(55)49-32-33-15-8-7-9-16-33)21-22-42(40)60-48(43,46(39)45)58-26-6-2/h6-9,14-17,19,21-22,27,29-30,35,38,43,45-46,52-53H,2,5,10-13,18,20,23-26,28,31-32H2,1,3-4H3,(H,49,55)/t35-,38+,43-,45+,46+,48+/m0/s1. The summed E-state index contributed by atoms with van der Waals surface area (Å²) in [4.78, 5) is 35.4. The molecule has 6 rings (SSSR count). The van der Waals surface area contributed by atoms with Crippen LogP contribution in [0, 0.1) is 17.8 Å². The van der Waals surface area contributed by atoms with Crippen molar-refractivity contribution in [1.29, 1.82) is 0 Å². The second kappa shape index (κ2) is 21.4. The van der Waals surface area contributed by atoms with Gasteiger partial charge in [-0.2, -0.15) is 0 Å². The molecule has 6 atom stereocenters. The van der Waals surface area contributed by atoms with E-state index in [1.807, 2.05) is 78.6 Å². The molecule has 3 aromatic rings. The van der Waals surface area contributed by atoms with E-state index in [0.717, 1.165) is 47.9 Å². The Morgan fingerprint density at radius 1 is 0.967 bits per heavy atom. The van der Waals surface area contributed by atoms with Gasteiger partial charge < -0.3 is 44.2 Å². The van der Waals surface area contributed by atoms with Crippen LogP contribution < -0.4 is 19.5 Å². The molecule has 0 radical (unpaired) electrons. The van der Waals surface area contributed by atoms with Crippen LogP contribution in [0.15, 0.2) is 102 Å². The highest BCUT2D eigenvalue weighted by atomic mass is 16.7. The molecule has 1 fully saturated rings. The van der Waals surface area contributed by atoms with Crippen LogP contribution in [0.5, 0.6) is 17.2 Å². The molecule has 3 aromatic carbocycles. The largest absolute Gasteiger partial charge is 0.497 e. The summed E-state index contributed by atoms with van der Waals surface area (Å²) < 4.78 is 25.7. The van der Waals surface area contributed by atoms with Crippen molar-refractivity contribution in [2.75, 3.05) is 40.6 Å². The predicted molar refractivity (Wildman–Crippen MR) is 230 cm³/mol. The number of hydrogen-bond acceptors (Lipinski definition) is 10. The highest BCUT2D eigenvalue weighted by Crippen LogP contribution is 2.62. The van der Waals surface area contributed by atoms with Crippen molar-refractivity contribution >= 4 is 17.7 Å². The fraction of sp³-hybridized carbons (Fsp3) is 0.479. The minimum absolute atomic E-state index is 0.0233. The number of oxime groups is 1. The van der Waals surface area contributed by atoms with Crippen molar-refractivity contribution < 1.29 is 43.6 Å². The van der Waals surface area contributed by atoms with Gasteiger partial charge in [-0.1, -0.05) is 79.5 Å². The molecule has 1 aliphatic heterocycles. The lowest BCUT2D eigenvalue weighted by Crippen LogP contribution is -2.70. The Morgan fingerprint density at radius 2 is 1.73 bits per heavy atom. The number of nitrogens with one attached hydrogen (secondary N) is 1. The molecule has 0 bridgehead atoms. The van der Waals surface area contributed by atoms with Gasteiger partial charge in [-0.15, -0.1) is 6.58 Å². The summed E-state index contributed by atoms with van der Waals surface area (Å²) in [5, 5.41) is 27.3. The van der Waals surface area contributed by atoms with Crippen LogP contribution in [0.1, 0.15) is 80.9 Å². The van der Waals surface area contributed by atoms with E-state index >= 15 is 0 Å². The topological polar surface area (TPSA) is 148 Å². The smallest absolute Gasteiger partial charge is 0.412 e. The number of amides is 2. The van der Waals surface area contributed by atoms with Crippen molar-refractivity contribution in [3.05, 3.63) is 114 Å². The van der Waals surface area contributed by atoms with Gasteiger partial charge in [0, 0.05) is 44.2 Å². The lowest BCUT2D eigenvalue weighted by Gasteiger charge is -2.60. The van der Waals surface area contributed by atoms with Crippen LogP contribution in [0.2, 0.25) is 0 Å². The van der Waals surface area contributed by atoms with Gasteiger partial charge >= 0.3 is 6.09 Å². The molecule has 3 aliphatic rings. The number of fused-ring (bicyclic) bond motifs is 2. The first kappa shape index (κ1) is 44.4. The zero-order valence-corrected chi connectivity index (χ0v) is 35.2. The van der Waals surface area contributed by atoms with E-state index < -0.39 is 23.8 Å². The normalized spacial score (nSPS) is 23.3. The third-order valence-electron chi connectivity index (χ3n) is 12.0. The number of aliphatic hydroxyl groups excluding tert-OH is 2. The molecule has 0 unspecified atom stereocenters. The molecule has 322 valence electrons. The van der Waals surface area contributed by atoms with Crippen molar-refractivity contribution in [3.63, 3.8) is 0 Å². The molecule has 2 aliphatic carbocycles. The molecular weight excluding hydrogens is 763 g/mol. The quantitative estimate of drug-likeness (QED) is 0.0558. The van der Waals surface area contributed by atoms with Gasteiger partial charge in [-0.05, 0) is 91.0 Å². The number of allylic oxidation sites excluding steroid dienone is 1.